The van der Waals surface area contributed by atoms with Gasteiger partial charge in [-0.15, -0.1) is 0 Å². The fourth-order valence-corrected chi connectivity index (χ4v) is 3.86. The summed E-state index contributed by atoms with van der Waals surface area (Å²) in [5.41, 5.74) is 0.531. The minimum atomic E-state index is -0.171. The lowest BCUT2D eigenvalue weighted by Crippen LogP contribution is -2.36. The number of nitrogens with zero attached hydrogens (tertiary/aromatic N) is 3. The first-order valence-electron chi connectivity index (χ1n) is 8.75. The minimum absolute atomic E-state index is 0.00823. The molecule has 0 aromatic carbocycles. The largest absolute Gasteiger partial charge is 0.341 e. The second kappa shape index (κ2) is 6.74. The van der Waals surface area contributed by atoms with Crippen LogP contribution in [0.25, 0.3) is 0 Å². The molecule has 7 heteroatoms. The van der Waals surface area contributed by atoms with Crippen molar-refractivity contribution in [3.05, 3.63) is 59.3 Å². The standard InChI is InChI=1S/C19H20N4O3/c24-17(21-13-4-3-6-20-9-13)8-14-15-10-23(11-16(14)15)19(26)12-22-7-2-1-5-18(22)25/h1-7,9,14-16H,8,10-12H2,(H,21,24)/t14?,15-,16+. The number of carbonyl (C=O) groups is 2. The molecule has 2 aromatic rings. The zero-order valence-electron chi connectivity index (χ0n) is 14.2. The van der Waals surface area contributed by atoms with Gasteiger partial charge in [0.15, 0.2) is 0 Å². The highest BCUT2D eigenvalue weighted by Crippen LogP contribution is 2.53. The molecule has 7 nitrogen and oxygen atoms in total. The molecule has 3 atom stereocenters. The van der Waals surface area contributed by atoms with Crippen LogP contribution < -0.4 is 10.9 Å². The van der Waals surface area contributed by atoms with E-state index in [9.17, 15) is 14.4 Å². The van der Waals surface area contributed by atoms with Crippen LogP contribution in [0.4, 0.5) is 5.69 Å². The average molecular weight is 352 g/mol. The number of hydrogen-bond acceptors (Lipinski definition) is 4. The number of likely N-dealkylation sites (tertiary alicyclic amines) is 1. The van der Waals surface area contributed by atoms with Gasteiger partial charge in [0.25, 0.3) is 5.56 Å². The molecule has 134 valence electrons. The smallest absolute Gasteiger partial charge is 0.250 e. The summed E-state index contributed by atoms with van der Waals surface area (Å²) in [6.07, 6.45) is 5.39. The van der Waals surface area contributed by atoms with Crippen molar-refractivity contribution in [3.8, 4) is 0 Å². The number of fused-ring (bicyclic) bond motifs is 1. The molecule has 1 saturated carbocycles. The third-order valence-corrected chi connectivity index (χ3v) is 5.30. The van der Waals surface area contributed by atoms with Gasteiger partial charge >= 0.3 is 0 Å². The highest BCUT2D eigenvalue weighted by atomic mass is 16.2. The Morgan fingerprint density at radius 3 is 2.65 bits per heavy atom. The first-order valence-corrected chi connectivity index (χ1v) is 8.75. The van der Waals surface area contributed by atoms with Crippen molar-refractivity contribution in [2.75, 3.05) is 18.4 Å². The van der Waals surface area contributed by atoms with Crippen molar-refractivity contribution in [1.29, 1.82) is 0 Å². The van der Waals surface area contributed by atoms with E-state index in [2.05, 4.69) is 10.3 Å². The Morgan fingerprint density at radius 2 is 1.96 bits per heavy atom. The van der Waals surface area contributed by atoms with Crippen LogP contribution >= 0.6 is 0 Å². The molecular formula is C19H20N4O3. The summed E-state index contributed by atoms with van der Waals surface area (Å²) in [4.78, 5) is 42.0. The van der Waals surface area contributed by atoms with Crippen LogP contribution in [0.5, 0.6) is 0 Å². The predicted molar refractivity (Wildman–Crippen MR) is 95.2 cm³/mol. The molecule has 0 radical (unpaired) electrons. The molecule has 3 heterocycles. The molecular weight excluding hydrogens is 332 g/mol. The summed E-state index contributed by atoms with van der Waals surface area (Å²) in [7, 11) is 0. The number of amides is 2. The molecule has 2 aliphatic rings. The SMILES string of the molecule is O=C(CC1[C@H]2CN(C(=O)Cn3ccccc3=O)C[C@@H]12)Nc1cccnc1. The highest BCUT2D eigenvalue weighted by Gasteiger charge is 2.56. The van der Waals surface area contributed by atoms with Crippen molar-refractivity contribution >= 4 is 17.5 Å². The average Bonchev–Trinajstić information content (AvgIpc) is 3.06. The normalized spacial score (nSPS) is 23.4. The Balaban J connectivity index is 1.26. The summed E-state index contributed by atoms with van der Waals surface area (Å²) < 4.78 is 1.42. The van der Waals surface area contributed by atoms with E-state index in [4.69, 9.17) is 0 Å². The van der Waals surface area contributed by atoms with Crippen molar-refractivity contribution < 1.29 is 9.59 Å². The predicted octanol–water partition coefficient (Wildman–Crippen LogP) is 0.976. The van der Waals surface area contributed by atoms with Gasteiger partial charge in [-0.25, -0.2) is 0 Å². The lowest BCUT2D eigenvalue weighted by molar-refractivity contribution is -0.131. The highest BCUT2D eigenvalue weighted by molar-refractivity contribution is 5.91. The Labute approximate surface area is 150 Å². The molecule has 1 unspecified atom stereocenters. The van der Waals surface area contributed by atoms with Crippen LogP contribution in [0.1, 0.15) is 6.42 Å². The fourth-order valence-electron chi connectivity index (χ4n) is 3.86. The maximum Gasteiger partial charge on any atom is 0.250 e. The number of hydrogen-bond donors (Lipinski definition) is 1. The molecule has 1 aliphatic carbocycles. The Bertz CT molecular complexity index is 868. The van der Waals surface area contributed by atoms with Crippen molar-refractivity contribution in [2.24, 2.45) is 17.8 Å². The summed E-state index contributed by atoms with van der Waals surface area (Å²) in [5, 5.41) is 2.86. The first kappa shape index (κ1) is 16.5. The van der Waals surface area contributed by atoms with Crippen LogP contribution in [-0.2, 0) is 16.1 Å². The van der Waals surface area contributed by atoms with Crippen LogP contribution in [0.15, 0.2) is 53.7 Å². The summed E-state index contributed by atoms with van der Waals surface area (Å²) in [5.74, 6) is 1.09. The summed E-state index contributed by atoms with van der Waals surface area (Å²) in [6.45, 7) is 1.43. The molecule has 26 heavy (non-hydrogen) atoms. The topological polar surface area (TPSA) is 84.3 Å². The Hall–Kier alpha value is -2.96. The number of pyridine rings is 2. The molecule has 2 aromatic heterocycles. The van der Waals surface area contributed by atoms with E-state index >= 15 is 0 Å². The second-order valence-corrected chi connectivity index (χ2v) is 6.95. The number of rotatable bonds is 5. The molecule has 2 amide bonds. The number of aromatic nitrogens is 2. The molecule has 0 spiro atoms. The minimum Gasteiger partial charge on any atom is -0.341 e. The van der Waals surface area contributed by atoms with E-state index in [1.165, 1.54) is 10.6 Å². The van der Waals surface area contributed by atoms with E-state index in [1.807, 2.05) is 11.0 Å². The fraction of sp³-hybridized carbons (Fsp3) is 0.368. The van der Waals surface area contributed by atoms with Gasteiger partial charge in [-0.1, -0.05) is 6.07 Å². The van der Waals surface area contributed by atoms with Gasteiger partial charge in [-0.2, -0.15) is 0 Å². The number of anilines is 1. The third kappa shape index (κ3) is 3.37. The van der Waals surface area contributed by atoms with Gasteiger partial charge in [0.05, 0.1) is 11.9 Å². The van der Waals surface area contributed by atoms with E-state index in [-0.39, 0.29) is 23.9 Å². The van der Waals surface area contributed by atoms with Crippen LogP contribution in [0, 0.1) is 17.8 Å². The monoisotopic (exact) mass is 352 g/mol. The summed E-state index contributed by atoms with van der Waals surface area (Å²) >= 11 is 0. The van der Waals surface area contributed by atoms with Gasteiger partial charge in [0.1, 0.15) is 6.54 Å². The quantitative estimate of drug-likeness (QED) is 0.869. The lowest BCUT2D eigenvalue weighted by atomic mass is 10.2. The van der Waals surface area contributed by atoms with Crippen LogP contribution in [-0.4, -0.2) is 39.4 Å². The van der Waals surface area contributed by atoms with Gasteiger partial charge in [-0.05, 0) is 36.0 Å². The van der Waals surface area contributed by atoms with E-state index < -0.39 is 0 Å². The summed E-state index contributed by atoms with van der Waals surface area (Å²) in [6, 6.07) is 8.45. The maximum absolute atomic E-state index is 12.4. The number of nitrogens with one attached hydrogen (secondary N) is 1. The molecule has 1 saturated heterocycles. The van der Waals surface area contributed by atoms with Gasteiger partial charge in [0.2, 0.25) is 11.8 Å². The van der Waals surface area contributed by atoms with E-state index in [1.54, 1.807) is 36.8 Å². The van der Waals surface area contributed by atoms with Crippen molar-refractivity contribution in [2.45, 2.75) is 13.0 Å². The van der Waals surface area contributed by atoms with Crippen molar-refractivity contribution in [1.82, 2.24) is 14.5 Å². The number of piperidine rings is 1. The van der Waals surface area contributed by atoms with E-state index in [0.29, 0.717) is 43.0 Å². The maximum atomic E-state index is 12.4. The van der Waals surface area contributed by atoms with Crippen LogP contribution in [0.3, 0.4) is 0 Å². The Morgan fingerprint density at radius 1 is 1.15 bits per heavy atom. The Kier molecular flexibility index (Phi) is 4.28. The molecule has 1 N–H and O–H groups in total. The third-order valence-electron chi connectivity index (χ3n) is 5.30. The van der Waals surface area contributed by atoms with E-state index in [0.717, 1.165) is 0 Å². The van der Waals surface area contributed by atoms with Gasteiger partial charge in [-0.3, -0.25) is 19.4 Å². The second-order valence-electron chi connectivity index (χ2n) is 6.95. The first-order chi connectivity index (χ1) is 12.6. The zero-order chi connectivity index (χ0) is 18.1. The number of carbonyl (C=O) groups excluding carboxylic acids is 2. The zero-order valence-corrected chi connectivity index (χ0v) is 14.2. The molecule has 4 rings (SSSR count). The van der Waals surface area contributed by atoms with Gasteiger partial charge < -0.3 is 14.8 Å². The van der Waals surface area contributed by atoms with Crippen molar-refractivity contribution in [3.63, 3.8) is 0 Å². The lowest BCUT2D eigenvalue weighted by Gasteiger charge is -2.20. The molecule has 1 aliphatic heterocycles. The van der Waals surface area contributed by atoms with Gasteiger partial charge in [0, 0.05) is 38.0 Å². The molecule has 2 fully saturated rings. The van der Waals surface area contributed by atoms with Crippen LogP contribution in [0.2, 0.25) is 0 Å². The molecule has 0 bridgehead atoms.